The minimum atomic E-state index is -0.00466. The highest BCUT2D eigenvalue weighted by Crippen LogP contribution is 2.56. The van der Waals surface area contributed by atoms with Gasteiger partial charge in [-0.1, -0.05) is 194 Å². The van der Waals surface area contributed by atoms with Crippen LogP contribution in [0.1, 0.15) is 45.2 Å². The molecule has 4 heterocycles. The van der Waals surface area contributed by atoms with Crippen molar-refractivity contribution in [3.8, 4) is 91.0 Å². The summed E-state index contributed by atoms with van der Waals surface area (Å²) in [5, 5.41) is 2.14. The van der Waals surface area contributed by atoms with E-state index >= 15 is 0 Å². The van der Waals surface area contributed by atoms with E-state index in [4.69, 9.17) is 38.7 Å². The van der Waals surface area contributed by atoms with Crippen molar-refractivity contribution >= 4 is 21.9 Å². The maximum atomic E-state index is 6.20. The highest BCUT2D eigenvalue weighted by atomic mass is 16.3. The molecule has 0 amide bonds. The van der Waals surface area contributed by atoms with E-state index in [2.05, 4.69) is 133 Å². The summed E-state index contributed by atoms with van der Waals surface area (Å²) in [5.41, 5.74) is 16.9. The van der Waals surface area contributed by atoms with Gasteiger partial charge in [0, 0.05) is 67.1 Å². The Hall–Kier alpha value is -9.92. The minimum Gasteiger partial charge on any atom is -0.456 e. The Morgan fingerprint density at radius 3 is 0.919 bits per heavy atom. The standard InChI is InChI=1S/C66H40N6O2/c1-3-13-41(14-4-1)61-67-63(43-27-23-39(24-28-43)57-37-45-17-7-11-21-55(45)73-57)71-65(69-61)47-31-33-51-53(35-47)59-49-19-9-10-20-50(49)60(51)54-36-48(32-34-52(54)59)66-70-62(42-15-5-2-6-16-42)68-64(72-66)44-29-25-40(26-30-44)58-38-46-18-8-12-22-56(46)74-58/h1-38,59-60H. The largest absolute Gasteiger partial charge is 0.456 e. The number of benzene rings is 9. The molecular formula is C66H40N6O2. The van der Waals surface area contributed by atoms with Gasteiger partial charge in [-0.05, 0) is 69.8 Å². The van der Waals surface area contributed by atoms with Crippen LogP contribution in [0, 0.1) is 0 Å². The third-order valence-electron chi connectivity index (χ3n) is 14.6. The van der Waals surface area contributed by atoms with Crippen LogP contribution < -0.4 is 0 Å². The third kappa shape index (κ3) is 7.06. The van der Waals surface area contributed by atoms with E-state index in [-0.39, 0.29) is 11.8 Å². The monoisotopic (exact) mass is 948 g/mol. The molecule has 2 unspecified atom stereocenters. The van der Waals surface area contributed by atoms with E-state index in [1.807, 2.05) is 97.1 Å². The normalized spacial score (nSPS) is 14.2. The van der Waals surface area contributed by atoms with Crippen molar-refractivity contribution in [2.45, 2.75) is 11.8 Å². The second-order valence-corrected chi connectivity index (χ2v) is 19.0. The smallest absolute Gasteiger partial charge is 0.164 e. The molecule has 3 aliphatic carbocycles. The van der Waals surface area contributed by atoms with Gasteiger partial charge in [-0.2, -0.15) is 0 Å². The first-order chi connectivity index (χ1) is 36.6. The van der Waals surface area contributed by atoms with Crippen LogP contribution >= 0.6 is 0 Å². The number of nitrogens with zero attached hydrogens (tertiary/aromatic N) is 6. The van der Waals surface area contributed by atoms with E-state index in [1.165, 1.54) is 33.4 Å². The Morgan fingerprint density at radius 2 is 0.527 bits per heavy atom. The Kier molecular flexibility index (Phi) is 9.53. The van der Waals surface area contributed by atoms with Gasteiger partial charge in [0.25, 0.3) is 0 Å². The van der Waals surface area contributed by atoms with Crippen LogP contribution in [-0.2, 0) is 0 Å². The summed E-state index contributed by atoms with van der Waals surface area (Å²) in [5.74, 6) is 5.29. The SMILES string of the molecule is c1ccc(-c2nc(-c3ccc(-c4cc5ccccc5o4)cc3)nc(-c3ccc4c(c3)C3c5ccccc5C4c4cc(-c5nc(-c6ccccc6)nc(-c6ccc(-c7cc8ccccc8o7)cc6)n5)ccc43)n2)cc1. The average molecular weight is 949 g/mol. The maximum Gasteiger partial charge on any atom is 0.164 e. The molecule has 0 saturated heterocycles. The lowest BCUT2D eigenvalue weighted by atomic mass is 9.61. The molecule has 3 aliphatic rings. The van der Waals surface area contributed by atoms with Crippen LogP contribution in [0.25, 0.3) is 113 Å². The summed E-state index contributed by atoms with van der Waals surface area (Å²) in [6.07, 6.45) is 0. The molecule has 8 nitrogen and oxygen atoms in total. The summed E-state index contributed by atoms with van der Waals surface area (Å²) in [6, 6.07) is 79.5. The highest BCUT2D eigenvalue weighted by Gasteiger charge is 2.41. The number of fused-ring (bicyclic) bond motifs is 2. The Bertz CT molecular complexity index is 3970. The molecule has 0 radical (unpaired) electrons. The highest BCUT2D eigenvalue weighted by molar-refractivity contribution is 5.85. The van der Waals surface area contributed by atoms with Gasteiger partial charge in [0.1, 0.15) is 22.7 Å². The van der Waals surface area contributed by atoms with Crippen molar-refractivity contribution in [3.63, 3.8) is 0 Å². The average Bonchev–Trinajstić information content (AvgIpc) is 4.14. The topological polar surface area (TPSA) is 104 Å². The number of furan rings is 2. The predicted octanol–water partition coefficient (Wildman–Crippen LogP) is 15.9. The second-order valence-electron chi connectivity index (χ2n) is 19.0. The molecule has 16 rings (SSSR count). The van der Waals surface area contributed by atoms with Gasteiger partial charge in [0.05, 0.1) is 0 Å². The van der Waals surface area contributed by atoms with E-state index < -0.39 is 0 Å². The first-order valence-electron chi connectivity index (χ1n) is 24.8. The zero-order valence-corrected chi connectivity index (χ0v) is 39.6. The van der Waals surface area contributed by atoms with Crippen molar-refractivity contribution in [1.29, 1.82) is 0 Å². The number of hydrogen-bond donors (Lipinski definition) is 0. The van der Waals surface area contributed by atoms with Crippen molar-refractivity contribution in [2.24, 2.45) is 0 Å². The third-order valence-corrected chi connectivity index (χ3v) is 14.6. The lowest BCUT2D eigenvalue weighted by Crippen LogP contribution is -2.27. The van der Waals surface area contributed by atoms with Crippen LogP contribution in [-0.4, -0.2) is 29.9 Å². The van der Waals surface area contributed by atoms with Crippen LogP contribution in [0.5, 0.6) is 0 Å². The first kappa shape index (κ1) is 41.8. The van der Waals surface area contributed by atoms with E-state index in [0.29, 0.717) is 34.9 Å². The van der Waals surface area contributed by atoms with Gasteiger partial charge in [-0.15, -0.1) is 0 Å². The summed E-state index contributed by atoms with van der Waals surface area (Å²) in [7, 11) is 0. The van der Waals surface area contributed by atoms with Crippen molar-refractivity contribution in [3.05, 3.63) is 264 Å². The van der Waals surface area contributed by atoms with E-state index in [0.717, 1.165) is 78.0 Å². The quantitative estimate of drug-likeness (QED) is 0.148. The van der Waals surface area contributed by atoms with E-state index in [9.17, 15) is 0 Å². The van der Waals surface area contributed by atoms with Gasteiger partial charge in [0.15, 0.2) is 34.9 Å². The second kappa shape index (κ2) is 16.9. The molecule has 0 spiro atoms. The fourth-order valence-corrected chi connectivity index (χ4v) is 11.0. The molecule has 8 heteroatoms. The molecule has 0 fully saturated rings. The molecule has 346 valence electrons. The van der Waals surface area contributed by atoms with Gasteiger partial charge < -0.3 is 8.83 Å². The van der Waals surface area contributed by atoms with Crippen LogP contribution in [0.4, 0.5) is 0 Å². The molecule has 13 aromatic rings. The van der Waals surface area contributed by atoms with Gasteiger partial charge in [-0.3, -0.25) is 0 Å². The summed E-state index contributed by atoms with van der Waals surface area (Å²) >= 11 is 0. The van der Waals surface area contributed by atoms with Crippen molar-refractivity contribution < 1.29 is 8.83 Å². The molecule has 4 aromatic heterocycles. The van der Waals surface area contributed by atoms with Crippen molar-refractivity contribution in [2.75, 3.05) is 0 Å². The zero-order chi connectivity index (χ0) is 48.7. The predicted molar refractivity (Wildman–Crippen MR) is 291 cm³/mol. The molecule has 74 heavy (non-hydrogen) atoms. The van der Waals surface area contributed by atoms with Crippen LogP contribution in [0.15, 0.2) is 239 Å². The van der Waals surface area contributed by atoms with Gasteiger partial charge >= 0.3 is 0 Å². The molecule has 2 atom stereocenters. The van der Waals surface area contributed by atoms with E-state index in [1.54, 1.807) is 0 Å². The number of rotatable bonds is 8. The first-order valence-corrected chi connectivity index (χ1v) is 24.8. The fraction of sp³-hybridized carbons (Fsp3) is 0.0303. The summed E-state index contributed by atoms with van der Waals surface area (Å²) < 4.78 is 12.4. The van der Waals surface area contributed by atoms with Gasteiger partial charge in [-0.25, -0.2) is 29.9 Å². The number of aromatic nitrogens is 6. The Morgan fingerprint density at radius 1 is 0.230 bits per heavy atom. The maximum absolute atomic E-state index is 6.20. The van der Waals surface area contributed by atoms with Crippen LogP contribution in [0.2, 0.25) is 0 Å². The molecule has 0 saturated carbocycles. The number of para-hydroxylation sites is 2. The summed E-state index contributed by atoms with van der Waals surface area (Å²) in [4.78, 5) is 30.8. The molecule has 9 aromatic carbocycles. The Labute approximate surface area is 425 Å². The zero-order valence-electron chi connectivity index (χ0n) is 39.6. The Balaban J connectivity index is 0.807. The molecular weight excluding hydrogens is 909 g/mol. The minimum absolute atomic E-state index is 0.00466. The fourth-order valence-electron chi connectivity index (χ4n) is 11.0. The summed E-state index contributed by atoms with van der Waals surface area (Å²) in [6.45, 7) is 0. The lowest BCUT2D eigenvalue weighted by molar-refractivity contribution is 0.631. The molecule has 0 aliphatic heterocycles. The molecule has 2 bridgehead atoms. The van der Waals surface area contributed by atoms with Crippen LogP contribution in [0.3, 0.4) is 0 Å². The lowest BCUT2D eigenvalue weighted by Gasteiger charge is -2.42. The molecule has 0 N–H and O–H groups in total. The number of hydrogen-bond acceptors (Lipinski definition) is 8. The van der Waals surface area contributed by atoms with Crippen molar-refractivity contribution in [1.82, 2.24) is 29.9 Å². The van der Waals surface area contributed by atoms with Gasteiger partial charge in [0.2, 0.25) is 0 Å².